The van der Waals surface area contributed by atoms with Gasteiger partial charge >= 0.3 is 0 Å². The molecule has 2 rings (SSSR count). The van der Waals surface area contributed by atoms with E-state index in [-0.39, 0.29) is 12.3 Å². The number of halogens is 1. The van der Waals surface area contributed by atoms with Crippen molar-refractivity contribution in [3.8, 4) is 0 Å². The summed E-state index contributed by atoms with van der Waals surface area (Å²) in [4.78, 5) is 15.2. The molecular formula is C11H10BrN3O3S. The zero-order chi connectivity index (χ0) is 14.0. The number of benzene rings is 1. The molecule has 0 saturated heterocycles. The van der Waals surface area contributed by atoms with Crippen molar-refractivity contribution < 1.29 is 10.0 Å². The van der Waals surface area contributed by atoms with E-state index in [0.29, 0.717) is 20.2 Å². The number of hydrogen-bond donors (Lipinski definition) is 1. The molecule has 1 aromatic heterocycles. The van der Waals surface area contributed by atoms with E-state index >= 15 is 0 Å². The van der Waals surface area contributed by atoms with Crippen LogP contribution in [0.2, 0.25) is 0 Å². The summed E-state index contributed by atoms with van der Waals surface area (Å²) >= 11 is 4.40. The molecule has 1 aromatic carbocycles. The maximum atomic E-state index is 11.0. The van der Waals surface area contributed by atoms with Crippen LogP contribution < -0.4 is 0 Å². The molecule has 0 fully saturated rings. The normalized spacial score (nSPS) is 10.7. The summed E-state index contributed by atoms with van der Waals surface area (Å²) < 4.78 is 2.36. The molecule has 100 valence electrons. The van der Waals surface area contributed by atoms with E-state index in [4.69, 9.17) is 5.11 Å². The smallest absolute Gasteiger partial charge is 0.284 e. The fourth-order valence-corrected chi connectivity index (χ4v) is 2.76. The summed E-state index contributed by atoms with van der Waals surface area (Å²) in [6, 6.07) is 4.86. The van der Waals surface area contributed by atoms with Crippen molar-refractivity contribution >= 4 is 33.4 Å². The molecule has 6 nitrogen and oxygen atoms in total. The molecule has 0 unspecified atom stereocenters. The van der Waals surface area contributed by atoms with Gasteiger partial charge in [-0.25, -0.2) is 4.98 Å². The van der Waals surface area contributed by atoms with Crippen molar-refractivity contribution in [1.82, 2.24) is 9.55 Å². The Balaban J connectivity index is 2.37. The molecule has 2 aromatic rings. The van der Waals surface area contributed by atoms with Gasteiger partial charge in [0.15, 0.2) is 5.16 Å². The van der Waals surface area contributed by atoms with Gasteiger partial charge in [-0.15, -0.1) is 0 Å². The van der Waals surface area contributed by atoms with Gasteiger partial charge in [-0.05, 0) is 23.9 Å². The molecule has 19 heavy (non-hydrogen) atoms. The first-order valence-electron chi connectivity index (χ1n) is 5.26. The number of aliphatic hydroxyl groups excluding tert-OH is 1. The molecule has 0 aliphatic heterocycles. The summed E-state index contributed by atoms with van der Waals surface area (Å²) in [6.07, 6.45) is 1.55. The third-order valence-electron chi connectivity index (χ3n) is 2.52. The highest BCUT2D eigenvalue weighted by Gasteiger charge is 2.17. The highest BCUT2D eigenvalue weighted by molar-refractivity contribution is 9.10. The maximum absolute atomic E-state index is 11.0. The van der Waals surface area contributed by atoms with E-state index in [1.54, 1.807) is 29.9 Å². The first-order chi connectivity index (χ1) is 9.02. The van der Waals surface area contributed by atoms with E-state index in [1.807, 2.05) is 0 Å². The van der Waals surface area contributed by atoms with Crippen LogP contribution in [0.25, 0.3) is 0 Å². The SMILES string of the molecule is Cn1c(CO)cnc1Sc1ccc(Br)cc1[N+](=O)[O-]. The van der Waals surface area contributed by atoms with Gasteiger partial charge in [0.1, 0.15) is 0 Å². The van der Waals surface area contributed by atoms with Crippen molar-refractivity contribution in [1.29, 1.82) is 0 Å². The van der Waals surface area contributed by atoms with Crippen LogP contribution in [0.15, 0.2) is 38.9 Å². The van der Waals surface area contributed by atoms with Gasteiger partial charge in [0.25, 0.3) is 5.69 Å². The minimum absolute atomic E-state index is 0.0212. The molecule has 0 spiro atoms. The highest BCUT2D eigenvalue weighted by atomic mass is 79.9. The predicted octanol–water partition coefficient (Wildman–Crippen LogP) is 2.73. The Bertz CT molecular complexity index is 630. The number of hydrogen-bond acceptors (Lipinski definition) is 5. The van der Waals surface area contributed by atoms with E-state index in [0.717, 1.165) is 0 Å². The van der Waals surface area contributed by atoms with Gasteiger partial charge in [0.05, 0.1) is 28.3 Å². The van der Waals surface area contributed by atoms with Crippen LogP contribution in [0.4, 0.5) is 5.69 Å². The van der Waals surface area contributed by atoms with Crippen LogP contribution >= 0.6 is 27.7 Å². The van der Waals surface area contributed by atoms with E-state index in [9.17, 15) is 10.1 Å². The van der Waals surface area contributed by atoms with Gasteiger partial charge < -0.3 is 9.67 Å². The van der Waals surface area contributed by atoms with Crippen LogP contribution in [-0.2, 0) is 13.7 Å². The minimum atomic E-state index is -0.428. The molecule has 0 aliphatic rings. The number of nitrogens with zero attached hydrogens (tertiary/aromatic N) is 3. The Kier molecular flexibility index (Phi) is 4.23. The average Bonchev–Trinajstić information content (AvgIpc) is 2.72. The second-order valence-electron chi connectivity index (χ2n) is 3.72. The first kappa shape index (κ1) is 14.0. The lowest BCUT2D eigenvalue weighted by molar-refractivity contribution is -0.387. The predicted molar refractivity (Wildman–Crippen MR) is 74.1 cm³/mol. The number of nitro groups is 1. The highest BCUT2D eigenvalue weighted by Crippen LogP contribution is 2.35. The largest absolute Gasteiger partial charge is 0.390 e. The summed E-state index contributed by atoms with van der Waals surface area (Å²) in [5.41, 5.74) is 0.676. The van der Waals surface area contributed by atoms with Crippen LogP contribution in [0.3, 0.4) is 0 Å². The second-order valence-corrected chi connectivity index (χ2v) is 5.65. The number of aromatic nitrogens is 2. The number of imidazole rings is 1. The molecule has 0 bridgehead atoms. The van der Waals surface area contributed by atoms with Crippen molar-refractivity contribution in [2.45, 2.75) is 16.7 Å². The molecule has 0 atom stereocenters. The Morgan fingerprint density at radius 1 is 1.58 bits per heavy atom. The molecule has 0 saturated carbocycles. The zero-order valence-corrected chi connectivity index (χ0v) is 12.3. The lowest BCUT2D eigenvalue weighted by Crippen LogP contribution is -1.98. The van der Waals surface area contributed by atoms with E-state index in [1.165, 1.54) is 17.8 Å². The number of nitro benzene ring substituents is 1. The van der Waals surface area contributed by atoms with Gasteiger partial charge in [-0.2, -0.15) is 0 Å². The van der Waals surface area contributed by atoms with Gasteiger partial charge in [0.2, 0.25) is 0 Å². The standard InChI is InChI=1S/C11H10BrN3O3S/c1-14-8(6-16)5-13-11(14)19-10-3-2-7(12)4-9(10)15(17)18/h2-5,16H,6H2,1H3. The number of aliphatic hydroxyl groups is 1. The lowest BCUT2D eigenvalue weighted by Gasteiger charge is -2.05. The first-order valence-corrected chi connectivity index (χ1v) is 6.87. The van der Waals surface area contributed by atoms with Crippen LogP contribution in [0.1, 0.15) is 5.69 Å². The molecule has 8 heteroatoms. The molecule has 1 N–H and O–H groups in total. The molecule has 0 aliphatic carbocycles. The van der Waals surface area contributed by atoms with E-state index in [2.05, 4.69) is 20.9 Å². The minimum Gasteiger partial charge on any atom is -0.390 e. The topological polar surface area (TPSA) is 81.2 Å². The third kappa shape index (κ3) is 2.96. The molecule has 0 amide bonds. The van der Waals surface area contributed by atoms with Crippen molar-refractivity contribution in [3.63, 3.8) is 0 Å². The Morgan fingerprint density at radius 2 is 2.32 bits per heavy atom. The average molecular weight is 344 g/mol. The monoisotopic (exact) mass is 343 g/mol. The number of rotatable bonds is 4. The van der Waals surface area contributed by atoms with Crippen molar-refractivity contribution in [2.24, 2.45) is 7.05 Å². The Hall–Kier alpha value is -1.38. The van der Waals surface area contributed by atoms with Crippen molar-refractivity contribution in [2.75, 3.05) is 0 Å². The van der Waals surface area contributed by atoms with Gasteiger partial charge in [0, 0.05) is 17.6 Å². The summed E-state index contributed by atoms with van der Waals surface area (Å²) in [5.74, 6) is 0. The Morgan fingerprint density at radius 3 is 2.89 bits per heavy atom. The fourth-order valence-electron chi connectivity index (χ4n) is 1.49. The van der Waals surface area contributed by atoms with E-state index < -0.39 is 4.92 Å². The quantitative estimate of drug-likeness (QED) is 0.681. The lowest BCUT2D eigenvalue weighted by atomic mass is 10.3. The van der Waals surface area contributed by atoms with Crippen LogP contribution in [0.5, 0.6) is 0 Å². The summed E-state index contributed by atoms with van der Waals surface area (Å²) in [5, 5.41) is 20.7. The molecular weight excluding hydrogens is 334 g/mol. The zero-order valence-electron chi connectivity index (χ0n) is 9.91. The molecule has 1 heterocycles. The third-order valence-corrected chi connectivity index (χ3v) is 4.14. The van der Waals surface area contributed by atoms with Crippen molar-refractivity contribution in [3.05, 3.63) is 44.7 Å². The fraction of sp³-hybridized carbons (Fsp3) is 0.182. The Labute approximate surface area is 121 Å². The summed E-state index contributed by atoms with van der Waals surface area (Å²) in [6.45, 7) is -0.119. The van der Waals surface area contributed by atoms with Gasteiger partial charge in [-0.3, -0.25) is 10.1 Å². The summed E-state index contributed by atoms with van der Waals surface area (Å²) in [7, 11) is 1.76. The van der Waals surface area contributed by atoms with Crippen LogP contribution in [-0.4, -0.2) is 19.6 Å². The van der Waals surface area contributed by atoms with Crippen LogP contribution in [0, 0.1) is 10.1 Å². The second kappa shape index (κ2) is 5.72. The molecule has 0 radical (unpaired) electrons. The van der Waals surface area contributed by atoms with Gasteiger partial charge in [-0.1, -0.05) is 15.9 Å². The maximum Gasteiger partial charge on any atom is 0.284 e.